The van der Waals surface area contributed by atoms with Gasteiger partial charge in [0.15, 0.2) is 5.82 Å². The van der Waals surface area contributed by atoms with Crippen LogP contribution in [0.15, 0.2) is 51.6 Å². The third-order valence-corrected chi connectivity index (χ3v) is 3.73. The van der Waals surface area contributed by atoms with Crippen LogP contribution in [0.5, 0.6) is 0 Å². The molecule has 0 saturated heterocycles. The van der Waals surface area contributed by atoms with Crippen LogP contribution in [-0.2, 0) is 11.2 Å². The quantitative estimate of drug-likeness (QED) is 0.735. The van der Waals surface area contributed by atoms with Crippen molar-refractivity contribution >= 4 is 17.5 Å². The maximum absolute atomic E-state index is 12.0. The average Bonchev–Trinajstić information content (AvgIpc) is 3.25. The van der Waals surface area contributed by atoms with Crippen molar-refractivity contribution in [3.63, 3.8) is 0 Å². The number of hydrogen-bond donors (Lipinski definition) is 1. The molecule has 124 valence electrons. The number of amides is 1. The lowest BCUT2D eigenvalue weighted by Crippen LogP contribution is -2.27. The molecule has 24 heavy (non-hydrogen) atoms. The molecule has 2 heterocycles. The highest BCUT2D eigenvalue weighted by atomic mass is 35.5. The van der Waals surface area contributed by atoms with E-state index in [4.69, 9.17) is 20.5 Å². The number of nitrogens with zero attached hydrogens (tertiary/aromatic N) is 2. The molecule has 0 bridgehead atoms. The van der Waals surface area contributed by atoms with Gasteiger partial charge in [0, 0.05) is 23.4 Å². The van der Waals surface area contributed by atoms with E-state index in [0.29, 0.717) is 29.6 Å². The van der Waals surface area contributed by atoms with E-state index >= 15 is 0 Å². The molecular weight excluding hydrogens is 330 g/mol. The predicted molar refractivity (Wildman–Crippen MR) is 88.3 cm³/mol. The standard InChI is InChI=1S/C17H16ClN3O3/c1-11(19-15(22)9-8-14-3-2-10-23-14)16-20-17(24-21-16)12-4-6-13(18)7-5-12/h2-7,10-11H,8-9H2,1H3,(H,19,22). The SMILES string of the molecule is CC(NC(=O)CCc1ccco1)c1noc(-c2ccc(Cl)cc2)n1. The Labute approximate surface area is 143 Å². The summed E-state index contributed by atoms with van der Waals surface area (Å²) < 4.78 is 10.4. The summed E-state index contributed by atoms with van der Waals surface area (Å²) >= 11 is 5.86. The van der Waals surface area contributed by atoms with Gasteiger partial charge >= 0.3 is 0 Å². The predicted octanol–water partition coefficient (Wildman–Crippen LogP) is 3.79. The molecule has 0 radical (unpaired) electrons. The maximum atomic E-state index is 12.0. The third kappa shape index (κ3) is 4.02. The lowest BCUT2D eigenvalue weighted by atomic mass is 10.2. The molecule has 1 aromatic carbocycles. The van der Waals surface area contributed by atoms with Gasteiger partial charge in [0.1, 0.15) is 5.76 Å². The number of nitrogens with one attached hydrogen (secondary N) is 1. The Morgan fingerprint density at radius 1 is 1.29 bits per heavy atom. The summed E-state index contributed by atoms with van der Waals surface area (Å²) in [6, 6.07) is 10.4. The van der Waals surface area contributed by atoms with Gasteiger partial charge in [-0.15, -0.1) is 0 Å². The van der Waals surface area contributed by atoms with Crippen molar-refractivity contribution in [2.45, 2.75) is 25.8 Å². The van der Waals surface area contributed by atoms with Gasteiger partial charge in [-0.05, 0) is 43.3 Å². The van der Waals surface area contributed by atoms with Gasteiger partial charge in [-0.2, -0.15) is 4.98 Å². The topological polar surface area (TPSA) is 81.2 Å². The van der Waals surface area contributed by atoms with E-state index in [9.17, 15) is 4.79 Å². The number of aromatic nitrogens is 2. The molecule has 1 unspecified atom stereocenters. The number of halogens is 1. The molecule has 0 saturated carbocycles. The number of rotatable bonds is 6. The van der Waals surface area contributed by atoms with Crippen LogP contribution in [0.3, 0.4) is 0 Å². The summed E-state index contributed by atoms with van der Waals surface area (Å²) in [7, 11) is 0. The Bertz CT molecular complexity index is 797. The van der Waals surface area contributed by atoms with Gasteiger partial charge in [0.05, 0.1) is 12.3 Å². The van der Waals surface area contributed by atoms with E-state index < -0.39 is 0 Å². The Balaban J connectivity index is 1.58. The van der Waals surface area contributed by atoms with Crippen molar-refractivity contribution in [3.8, 4) is 11.5 Å². The van der Waals surface area contributed by atoms with Gasteiger partial charge in [-0.3, -0.25) is 4.79 Å². The molecule has 3 aromatic rings. The van der Waals surface area contributed by atoms with Gasteiger partial charge in [0.2, 0.25) is 5.91 Å². The highest BCUT2D eigenvalue weighted by Crippen LogP contribution is 2.21. The van der Waals surface area contributed by atoms with Crippen LogP contribution < -0.4 is 5.32 Å². The first-order chi connectivity index (χ1) is 11.6. The van der Waals surface area contributed by atoms with Gasteiger partial charge < -0.3 is 14.3 Å². The summed E-state index contributed by atoms with van der Waals surface area (Å²) in [6.07, 6.45) is 2.47. The van der Waals surface area contributed by atoms with Crippen molar-refractivity contribution in [3.05, 3.63) is 59.3 Å². The fraction of sp³-hybridized carbons (Fsp3) is 0.235. The molecule has 1 atom stereocenters. The third-order valence-electron chi connectivity index (χ3n) is 3.48. The normalized spacial score (nSPS) is 12.1. The van der Waals surface area contributed by atoms with Crippen molar-refractivity contribution in [2.24, 2.45) is 0 Å². The van der Waals surface area contributed by atoms with Gasteiger partial charge in [0.25, 0.3) is 5.89 Å². The average molecular weight is 346 g/mol. The van der Waals surface area contributed by atoms with Crippen LogP contribution >= 0.6 is 11.6 Å². The lowest BCUT2D eigenvalue weighted by Gasteiger charge is -2.09. The molecule has 0 aliphatic rings. The Hall–Kier alpha value is -2.60. The fourth-order valence-corrected chi connectivity index (χ4v) is 2.32. The maximum Gasteiger partial charge on any atom is 0.257 e. The second-order valence-electron chi connectivity index (χ2n) is 5.33. The van der Waals surface area contributed by atoms with Crippen molar-refractivity contribution in [1.82, 2.24) is 15.5 Å². The number of hydrogen-bond acceptors (Lipinski definition) is 5. The first kappa shape index (κ1) is 16.3. The highest BCUT2D eigenvalue weighted by molar-refractivity contribution is 6.30. The van der Waals surface area contributed by atoms with E-state index in [-0.39, 0.29) is 11.9 Å². The summed E-state index contributed by atoms with van der Waals surface area (Å²) in [6.45, 7) is 1.81. The zero-order valence-electron chi connectivity index (χ0n) is 13.0. The minimum atomic E-state index is -0.348. The van der Waals surface area contributed by atoms with Crippen molar-refractivity contribution < 1.29 is 13.7 Å². The highest BCUT2D eigenvalue weighted by Gasteiger charge is 2.17. The second kappa shape index (κ2) is 7.31. The van der Waals surface area contributed by atoms with Crippen LogP contribution in [0.1, 0.15) is 31.0 Å². The zero-order chi connectivity index (χ0) is 16.9. The Morgan fingerprint density at radius 2 is 2.08 bits per heavy atom. The van der Waals surface area contributed by atoms with Crippen LogP contribution in [0, 0.1) is 0 Å². The molecule has 0 fully saturated rings. The molecule has 0 spiro atoms. The van der Waals surface area contributed by atoms with E-state index in [2.05, 4.69) is 15.5 Å². The van der Waals surface area contributed by atoms with Crippen LogP contribution in [0.2, 0.25) is 5.02 Å². The van der Waals surface area contributed by atoms with Crippen LogP contribution in [0.25, 0.3) is 11.5 Å². The van der Waals surface area contributed by atoms with E-state index in [0.717, 1.165) is 11.3 Å². The van der Waals surface area contributed by atoms with Crippen LogP contribution in [0.4, 0.5) is 0 Å². The van der Waals surface area contributed by atoms with Crippen molar-refractivity contribution in [1.29, 1.82) is 0 Å². The van der Waals surface area contributed by atoms with Gasteiger partial charge in [-0.1, -0.05) is 16.8 Å². The molecule has 6 nitrogen and oxygen atoms in total. The van der Waals surface area contributed by atoms with Gasteiger partial charge in [-0.25, -0.2) is 0 Å². The Kier molecular flexibility index (Phi) is 4.96. The molecule has 3 rings (SSSR count). The number of aryl methyl sites for hydroxylation is 1. The van der Waals surface area contributed by atoms with Crippen molar-refractivity contribution in [2.75, 3.05) is 0 Å². The molecule has 2 aromatic heterocycles. The number of benzene rings is 1. The Morgan fingerprint density at radius 3 is 2.79 bits per heavy atom. The summed E-state index contributed by atoms with van der Waals surface area (Å²) in [5.74, 6) is 1.49. The minimum Gasteiger partial charge on any atom is -0.469 e. The zero-order valence-corrected chi connectivity index (χ0v) is 13.8. The van der Waals surface area contributed by atoms with Crippen LogP contribution in [-0.4, -0.2) is 16.0 Å². The number of furan rings is 1. The molecule has 1 amide bonds. The molecule has 1 N–H and O–H groups in total. The van der Waals surface area contributed by atoms with E-state index in [1.807, 2.05) is 6.07 Å². The second-order valence-corrected chi connectivity index (χ2v) is 5.77. The summed E-state index contributed by atoms with van der Waals surface area (Å²) in [5.41, 5.74) is 0.773. The molecule has 0 aliphatic heterocycles. The lowest BCUT2D eigenvalue weighted by molar-refractivity contribution is -0.121. The number of carbonyl (C=O) groups is 1. The molecule has 0 aliphatic carbocycles. The molecule has 7 heteroatoms. The minimum absolute atomic E-state index is 0.100. The smallest absolute Gasteiger partial charge is 0.257 e. The number of carbonyl (C=O) groups excluding carboxylic acids is 1. The monoisotopic (exact) mass is 345 g/mol. The van der Waals surface area contributed by atoms with E-state index in [1.54, 1.807) is 43.5 Å². The fourth-order valence-electron chi connectivity index (χ4n) is 2.19. The first-order valence-corrected chi connectivity index (χ1v) is 7.91. The summed E-state index contributed by atoms with van der Waals surface area (Å²) in [5, 5.41) is 7.41. The van der Waals surface area contributed by atoms with E-state index in [1.165, 1.54) is 0 Å². The largest absolute Gasteiger partial charge is 0.469 e. The summed E-state index contributed by atoms with van der Waals surface area (Å²) in [4.78, 5) is 16.3. The molecular formula is C17H16ClN3O3. The first-order valence-electron chi connectivity index (χ1n) is 7.53.